The first-order valence-corrected chi connectivity index (χ1v) is 10.7. The van der Waals surface area contributed by atoms with Crippen molar-refractivity contribution in [1.29, 1.82) is 0 Å². The summed E-state index contributed by atoms with van der Waals surface area (Å²) in [6.07, 6.45) is 1.41. The van der Waals surface area contributed by atoms with E-state index in [0.29, 0.717) is 40.1 Å². The molecule has 2 amide bonds. The molecule has 2 aromatic carbocycles. The normalized spacial score (nSPS) is 11.8. The molecule has 1 atom stereocenters. The second-order valence-corrected chi connectivity index (χ2v) is 8.06. The van der Waals surface area contributed by atoms with E-state index < -0.39 is 6.04 Å². The minimum Gasteiger partial charge on any atom is -0.354 e. The number of nitrogens with one attached hydrogen (secondary N) is 1. The first-order valence-electron chi connectivity index (χ1n) is 9.61. The van der Waals surface area contributed by atoms with Crippen LogP contribution in [0.25, 0.3) is 0 Å². The molecule has 0 bridgehead atoms. The van der Waals surface area contributed by atoms with Gasteiger partial charge in [-0.3, -0.25) is 9.59 Å². The van der Waals surface area contributed by atoms with E-state index in [1.54, 1.807) is 35.2 Å². The highest BCUT2D eigenvalue weighted by Gasteiger charge is 2.28. The Morgan fingerprint density at radius 2 is 1.66 bits per heavy atom. The van der Waals surface area contributed by atoms with E-state index in [1.807, 2.05) is 26.0 Å². The van der Waals surface area contributed by atoms with Gasteiger partial charge >= 0.3 is 0 Å². The van der Waals surface area contributed by atoms with Gasteiger partial charge in [-0.1, -0.05) is 66.8 Å². The van der Waals surface area contributed by atoms with E-state index >= 15 is 0 Å². The number of amides is 2. The Hall–Kier alpha value is -1.75. The molecule has 0 aliphatic heterocycles. The van der Waals surface area contributed by atoms with Crippen molar-refractivity contribution in [3.05, 3.63) is 68.7 Å². The Kier molecular flexibility index (Phi) is 9.28. The molecule has 29 heavy (non-hydrogen) atoms. The van der Waals surface area contributed by atoms with Gasteiger partial charge in [-0.05, 0) is 48.2 Å². The number of carbonyl (C=O) groups excluding carboxylic acids is 2. The minimum atomic E-state index is -0.573. The van der Waals surface area contributed by atoms with Gasteiger partial charge in [-0.2, -0.15) is 0 Å². The third-order valence-corrected chi connectivity index (χ3v) is 5.40. The topological polar surface area (TPSA) is 49.4 Å². The summed E-state index contributed by atoms with van der Waals surface area (Å²) in [7, 11) is 0. The number of benzene rings is 2. The molecule has 0 heterocycles. The Bertz CT molecular complexity index is 840. The van der Waals surface area contributed by atoms with Gasteiger partial charge in [0.15, 0.2) is 0 Å². The molecule has 0 aliphatic carbocycles. The van der Waals surface area contributed by atoms with Crippen molar-refractivity contribution in [3.8, 4) is 0 Å². The highest BCUT2D eigenvalue weighted by molar-refractivity contribution is 6.35. The average Bonchev–Trinajstić information content (AvgIpc) is 2.69. The van der Waals surface area contributed by atoms with Crippen LogP contribution < -0.4 is 5.32 Å². The fourth-order valence-corrected chi connectivity index (χ4v) is 3.60. The van der Waals surface area contributed by atoms with Crippen LogP contribution in [0.3, 0.4) is 0 Å². The lowest BCUT2D eigenvalue weighted by Gasteiger charge is -2.31. The van der Waals surface area contributed by atoms with Crippen LogP contribution >= 0.6 is 34.8 Å². The number of rotatable bonds is 9. The van der Waals surface area contributed by atoms with Crippen molar-refractivity contribution in [1.82, 2.24) is 10.2 Å². The monoisotopic (exact) mass is 454 g/mol. The Balaban J connectivity index is 2.29. The van der Waals surface area contributed by atoms with E-state index in [1.165, 1.54) is 0 Å². The van der Waals surface area contributed by atoms with Gasteiger partial charge in [-0.25, -0.2) is 0 Å². The SMILES string of the molecule is CCCNC(=O)[C@@H](CC)N(Cc1ccc(Cl)cc1)C(=O)Cc1ccc(Cl)cc1Cl. The largest absolute Gasteiger partial charge is 0.354 e. The Morgan fingerprint density at radius 1 is 1.00 bits per heavy atom. The molecule has 156 valence electrons. The highest BCUT2D eigenvalue weighted by Crippen LogP contribution is 2.23. The second-order valence-electron chi connectivity index (χ2n) is 6.78. The summed E-state index contributed by atoms with van der Waals surface area (Å²) >= 11 is 18.2. The third kappa shape index (κ3) is 6.91. The molecule has 0 spiro atoms. The summed E-state index contributed by atoms with van der Waals surface area (Å²) in [5.74, 6) is -0.332. The van der Waals surface area contributed by atoms with E-state index in [4.69, 9.17) is 34.8 Å². The maximum absolute atomic E-state index is 13.2. The predicted molar refractivity (Wildman–Crippen MR) is 120 cm³/mol. The summed E-state index contributed by atoms with van der Waals surface area (Å²) in [5.41, 5.74) is 1.57. The van der Waals surface area contributed by atoms with E-state index in [2.05, 4.69) is 5.32 Å². The summed E-state index contributed by atoms with van der Waals surface area (Å²) < 4.78 is 0. The van der Waals surface area contributed by atoms with Gasteiger partial charge in [0.1, 0.15) is 6.04 Å². The summed E-state index contributed by atoms with van der Waals surface area (Å²) in [6, 6.07) is 11.7. The molecule has 4 nitrogen and oxygen atoms in total. The molecule has 0 fully saturated rings. The van der Waals surface area contributed by atoms with Gasteiger partial charge in [0.05, 0.1) is 6.42 Å². The molecule has 7 heteroatoms. The van der Waals surface area contributed by atoms with E-state index in [-0.39, 0.29) is 18.2 Å². The van der Waals surface area contributed by atoms with E-state index in [9.17, 15) is 9.59 Å². The summed E-state index contributed by atoms with van der Waals surface area (Å²) in [4.78, 5) is 27.6. The molecule has 0 aromatic heterocycles. The second kappa shape index (κ2) is 11.4. The van der Waals surface area contributed by atoms with Crippen LogP contribution in [0.5, 0.6) is 0 Å². The van der Waals surface area contributed by atoms with E-state index in [0.717, 1.165) is 12.0 Å². The molecular formula is C22H25Cl3N2O2. The molecule has 0 radical (unpaired) electrons. The maximum Gasteiger partial charge on any atom is 0.242 e. The highest BCUT2D eigenvalue weighted by atomic mass is 35.5. The van der Waals surface area contributed by atoms with Crippen molar-refractivity contribution in [3.63, 3.8) is 0 Å². The molecule has 0 saturated carbocycles. The number of hydrogen-bond donors (Lipinski definition) is 1. The fraction of sp³-hybridized carbons (Fsp3) is 0.364. The Labute approximate surface area is 187 Å². The van der Waals surface area contributed by atoms with Gasteiger partial charge in [0.2, 0.25) is 11.8 Å². The lowest BCUT2D eigenvalue weighted by Crippen LogP contribution is -2.49. The van der Waals surface area contributed by atoms with Gasteiger partial charge in [-0.15, -0.1) is 0 Å². The quantitative estimate of drug-likeness (QED) is 0.541. The fourth-order valence-electron chi connectivity index (χ4n) is 3.00. The van der Waals surface area contributed by atoms with Crippen molar-refractivity contribution < 1.29 is 9.59 Å². The number of halogens is 3. The zero-order chi connectivity index (χ0) is 21.4. The number of carbonyl (C=O) groups is 2. The van der Waals surface area contributed by atoms with Crippen molar-refractivity contribution in [2.45, 2.75) is 45.7 Å². The van der Waals surface area contributed by atoms with Gasteiger partial charge in [0.25, 0.3) is 0 Å². The number of hydrogen-bond acceptors (Lipinski definition) is 2. The third-order valence-electron chi connectivity index (χ3n) is 4.56. The molecule has 0 saturated heterocycles. The van der Waals surface area contributed by atoms with Gasteiger partial charge < -0.3 is 10.2 Å². The van der Waals surface area contributed by atoms with Crippen molar-refractivity contribution in [2.24, 2.45) is 0 Å². The van der Waals surface area contributed by atoms with Crippen LogP contribution in [0.15, 0.2) is 42.5 Å². The standard InChI is InChI=1S/C22H25Cl3N2O2/c1-3-11-26-22(29)20(4-2)27(14-15-5-8-17(23)9-6-15)21(28)12-16-7-10-18(24)13-19(16)25/h5-10,13,20H,3-4,11-12,14H2,1-2H3,(H,26,29)/t20-/m1/s1. The minimum absolute atomic E-state index is 0.0845. The molecule has 1 N–H and O–H groups in total. The zero-order valence-corrected chi connectivity index (χ0v) is 18.8. The average molecular weight is 456 g/mol. The smallest absolute Gasteiger partial charge is 0.242 e. The number of nitrogens with zero attached hydrogens (tertiary/aromatic N) is 1. The van der Waals surface area contributed by atoms with Crippen molar-refractivity contribution >= 4 is 46.6 Å². The molecule has 2 rings (SSSR count). The van der Waals surface area contributed by atoms with Crippen LogP contribution in [0, 0.1) is 0 Å². The van der Waals surface area contributed by atoms with Crippen LogP contribution in [-0.2, 0) is 22.6 Å². The molecule has 0 unspecified atom stereocenters. The molecule has 0 aliphatic rings. The predicted octanol–water partition coefficient (Wildman–Crippen LogP) is 5.52. The van der Waals surface area contributed by atoms with Crippen LogP contribution in [-0.4, -0.2) is 29.3 Å². The van der Waals surface area contributed by atoms with Crippen LogP contribution in [0.1, 0.15) is 37.8 Å². The lowest BCUT2D eigenvalue weighted by atomic mass is 10.1. The first-order chi connectivity index (χ1) is 13.8. The maximum atomic E-state index is 13.2. The molecular weight excluding hydrogens is 431 g/mol. The first kappa shape index (κ1) is 23.5. The van der Waals surface area contributed by atoms with Crippen LogP contribution in [0.2, 0.25) is 15.1 Å². The van der Waals surface area contributed by atoms with Crippen molar-refractivity contribution in [2.75, 3.05) is 6.54 Å². The zero-order valence-electron chi connectivity index (χ0n) is 16.6. The summed E-state index contributed by atoms with van der Waals surface area (Å²) in [6.45, 7) is 4.76. The van der Waals surface area contributed by atoms with Gasteiger partial charge in [0, 0.05) is 28.2 Å². The Morgan fingerprint density at radius 3 is 2.24 bits per heavy atom. The lowest BCUT2D eigenvalue weighted by molar-refractivity contribution is -0.140. The van der Waals surface area contributed by atoms with Crippen LogP contribution in [0.4, 0.5) is 0 Å². The molecule has 2 aromatic rings. The summed E-state index contributed by atoms with van der Waals surface area (Å²) in [5, 5.41) is 4.46.